The molecule has 2 aliphatic rings. The van der Waals surface area contributed by atoms with Gasteiger partial charge >= 0.3 is 12.1 Å². The van der Waals surface area contributed by atoms with Gasteiger partial charge in [-0.05, 0) is 22.3 Å². The van der Waals surface area contributed by atoms with Gasteiger partial charge in [-0.1, -0.05) is 91.0 Å². The summed E-state index contributed by atoms with van der Waals surface area (Å²) in [5.41, 5.74) is 3.19. The number of fused-ring (bicyclic) bond motifs is 1. The van der Waals surface area contributed by atoms with Crippen LogP contribution in [0.4, 0.5) is 4.79 Å². The predicted molar refractivity (Wildman–Crippen MR) is 145 cm³/mol. The number of halogens is 1. The van der Waals surface area contributed by atoms with E-state index in [2.05, 4.69) is 5.32 Å². The fourth-order valence-corrected chi connectivity index (χ4v) is 6.09. The number of hydrogen-bond acceptors (Lipinski definition) is 6. The first-order valence-electron chi connectivity index (χ1n) is 12.1. The molecule has 38 heavy (non-hydrogen) atoms. The maximum atomic E-state index is 13.6. The van der Waals surface area contributed by atoms with Crippen molar-refractivity contribution in [1.82, 2.24) is 10.2 Å². The number of alkyl halides is 1. The van der Waals surface area contributed by atoms with Gasteiger partial charge in [0.2, 0.25) is 0 Å². The first-order chi connectivity index (χ1) is 18.6. The molecule has 1 unspecified atom stereocenters. The van der Waals surface area contributed by atoms with Gasteiger partial charge in [-0.25, -0.2) is 9.59 Å². The van der Waals surface area contributed by atoms with Crippen LogP contribution < -0.4 is 5.32 Å². The fourth-order valence-electron chi connectivity index (χ4n) is 4.41. The van der Waals surface area contributed by atoms with Gasteiger partial charge in [0.15, 0.2) is 6.10 Å². The summed E-state index contributed by atoms with van der Waals surface area (Å²) in [7, 11) is 0. The molecule has 0 spiro atoms. The van der Waals surface area contributed by atoms with Crippen molar-refractivity contribution >= 4 is 41.3 Å². The highest BCUT2D eigenvalue weighted by Gasteiger charge is 2.54. The van der Waals surface area contributed by atoms with E-state index < -0.39 is 35.5 Å². The van der Waals surface area contributed by atoms with Crippen LogP contribution in [-0.4, -0.2) is 45.9 Å². The Labute approximate surface area is 229 Å². The van der Waals surface area contributed by atoms with Gasteiger partial charge in [0, 0.05) is 11.6 Å². The molecule has 0 aromatic heterocycles. The van der Waals surface area contributed by atoms with Crippen molar-refractivity contribution in [2.75, 3.05) is 11.6 Å². The Kier molecular flexibility index (Phi) is 8.00. The van der Waals surface area contributed by atoms with Crippen molar-refractivity contribution in [2.45, 2.75) is 24.1 Å². The summed E-state index contributed by atoms with van der Waals surface area (Å²) in [6, 6.07) is 27.3. The Bertz CT molecular complexity index is 1300. The van der Waals surface area contributed by atoms with E-state index in [4.69, 9.17) is 21.1 Å². The van der Waals surface area contributed by atoms with Gasteiger partial charge in [0.1, 0.15) is 23.7 Å². The van der Waals surface area contributed by atoms with Crippen molar-refractivity contribution in [1.29, 1.82) is 0 Å². The number of rotatable bonds is 8. The van der Waals surface area contributed by atoms with Crippen LogP contribution in [0.25, 0.3) is 0 Å². The Morgan fingerprint density at radius 2 is 1.53 bits per heavy atom. The van der Waals surface area contributed by atoms with E-state index in [1.807, 2.05) is 91.0 Å². The van der Waals surface area contributed by atoms with Crippen LogP contribution in [0.1, 0.15) is 22.8 Å². The van der Waals surface area contributed by atoms with Gasteiger partial charge in [-0.15, -0.1) is 23.4 Å². The highest BCUT2D eigenvalue weighted by Crippen LogP contribution is 2.41. The number of amides is 2. The van der Waals surface area contributed by atoms with E-state index in [0.717, 1.165) is 16.7 Å². The quantitative estimate of drug-likeness (QED) is 0.242. The third kappa shape index (κ3) is 5.42. The Morgan fingerprint density at radius 3 is 2.11 bits per heavy atom. The van der Waals surface area contributed by atoms with Crippen LogP contribution in [0.5, 0.6) is 0 Å². The molecule has 9 heteroatoms. The number of carbonyl (C=O) groups is 3. The monoisotopic (exact) mass is 548 g/mol. The second kappa shape index (κ2) is 11.8. The minimum absolute atomic E-state index is 0.0759. The van der Waals surface area contributed by atoms with E-state index in [1.54, 1.807) is 0 Å². The summed E-state index contributed by atoms with van der Waals surface area (Å²) in [5, 5.41) is 2.17. The smallest absolute Gasteiger partial charge is 0.408 e. The third-order valence-electron chi connectivity index (χ3n) is 6.32. The number of nitrogens with zero attached hydrogens (tertiary/aromatic N) is 1. The summed E-state index contributed by atoms with van der Waals surface area (Å²) < 4.78 is 11.3. The second-order valence-corrected chi connectivity index (χ2v) is 10.2. The van der Waals surface area contributed by atoms with Gasteiger partial charge in [-0.3, -0.25) is 9.69 Å². The van der Waals surface area contributed by atoms with E-state index in [-0.39, 0.29) is 18.2 Å². The van der Waals surface area contributed by atoms with Crippen LogP contribution >= 0.6 is 23.4 Å². The van der Waals surface area contributed by atoms with E-state index in [0.29, 0.717) is 11.3 Å². The number of hydrogen-bond donors (Lipinski definition) is 1. The fraction of sp³-hybridized carbons (Fsp3) is 0.207. The zero-order chi connectivity index (χ0) is 26.5. The molecule has 2 aliphatic heterocycles. The van der Waals surface area contributed by atoms with Crippen molar-refractivity contribution in [3.05, 3.63) is 119 Å². The molecule has 0 bridgehead atoms. The third-order valence-corrected chi connectivity index (χ3v) is 7.98. The molecule has 7 nitrogen and oxygen atoms in total. The Hall–Kier alpha value is -3.75. The van der Waals surface area contributed by atoms with Crippen LogP contribution in [0, 0.1) is 0 Å². The van der Waals surface area contributed by atoms with E-state index >= 15 is 0 Å². The lowest BCUT2D eigenvalue weighted by Crippen LogP contribution is -2.70. The molecular weight excluding hydrogens is 524 g/mol. The molecule has 2 heterocycles. The summed E-state index contributed by atoms with van der Waals surface area (Å²) in [4.78, 5) is 40.5. The molecule has 194 valence electrons. The van der Waals surface area contributed by atoms with Crippen molar-refractivity contribution < 1.29 is 23.9 Å². The standard InChI is InChI=1S/C29H25ClN2O5S/c30-16-22-18-38-27-23(31-29(35)36-17-19-10-4-1-5-11-19)26(33)32(27)24(22)28(34)37-25(20-12-6-2-7-13-20)21-14-8-3-9-15-21/h1-15,23,25,27H,16-18H2,(H,31,35)/t23?,27-/m0/s1. The molecule has 0 aliphatic carbocycles. The van der Waals surface area contributed by atoms with E-state index in [1.165, 1.54) is 16.7 Å². The zero-order valence-corrected chi connectivity index (χ0v) is 21.9. The highest BCUT2D eigenvalue weighted by molar-refractivity contribution is 8.00. The molecule has 2 atom stereocenters. The summed E-state index contributed by atoms with van der Waals surface area (Å²) in [6.07, 6.45) is -1.36. The molecule has 3 aromatic rings. The first-order valence-corrected chi connectivity index (χ1v) is 13.7. The summed E-state index contributed by atoms with van der Waals surface area (Å²) in [5.74, 6) is -0.542. The molecular formula is C29H25ClN2O5S. The second-order valence-electron chi connectivity index (χ2n) is 8.79. The molecule has 1 fully saturated rings. The molecule has 0 radical (unpaired) electrons. The largest absolute Gasteiger partial charge is 0.448 e. The number of alkyl carbamates (subject to hydrolysis) is 1. The van der Waals surface area contributed by atoms with Gasteiger partial charge < -0.3 is 14.8 Å². The van der Waals surface area contributed by atoms with Crippen molar-refractivity contribution in [3.8, 4) is 0 Å². The maximum absolute atomic E-state index is 13.6. The maximum Gasteiger partial charge on any atom is 0.408 e. The normalized spacial score (nSPS) is 18.5. The highest BCUT2D eigenvalue weighted by atomic mass is 35.5. The average molecular weight is 549 g/mol. The number of ether oxygens (including phenoxy) is 2. The van der Waals surface area contributed by atoms with Gasteiger partial charge in [0.25, 0.3) is 5.91 Å². The SMILES string of the molecule is O=C(NC1C(=O)N2C(C(=O)OC(c3ccccc3)c3ccccc3)=C(CCl)CS[C@@H]12)OCc1ccccc1. The van der Waals surface area contributed by atoms with Gasteiger partial charge in [0.05, 0.1) is 0 Å². The number of esters is 1. The number of β-lactam (4-membered cyclic amide) rings is 1. The molecule has 0 saturated carbocycles. The van der Waals surface area contributed by atoms with Crippen molar-refractivity contribution in [3.63, 3.8) is 0 Å². The lowest BCUT2D eigenvalue weighted by molar-refractivity contribution is -0.153. The lowest BCUT2D eigenvalue weighted by Gasteiger charge is -2.49. The Morgan fingerprint density at radius 1 is 0.947 bits per heavy atom. The number of carbonyl (C=O) groups excluding carboxylic acids is 3. The molecule has 1 saturated heterocycles. The number of benzene rings is 3. The first kappa shape index (κ1) is 25.9. The summed E-state index contributed by atoms with van der Waals surface area (Å²) >= 11 is 7.62. The Balaban J connectivity index is 1.31. The summed E-state index contributed by atoms with van der Waals surface area (Å²) in [6.45, 7) is 0.0866. The minimum atomic E-state index is -0.818. The predicted octanol–water partition coefficient (Wildman–Crippen LogP) is 5.02. The molecule has 2 amide bonds. The zero-order valence-electron chi connectivity index (χ0n) is 20.3. The average Bonchev–Trinajstić information content (AvgIpc) is 2.98. The molecule has 1 N–H and O–H groups in total. The van der Waals surface area contributed by atoms with Crippen LogP contribution in [0.3, 0.4) is 0 Å². The molecule has 3 aromatic carbocycles. The minimum Gasteiger partial charge on any atom is -0.448 e. The number of thioether (sulfide) groups is 1. The lowest BCUT2D eigenvalue weighted by atomic mass is 10.0. The van der Waals surface area contributed by atoms with E-state index in [9.17, 15) is 14.4 Å². The number of nitrogens with one attached hydrogen (secondary N) is 1. The molecule has 5 rings (SSSR count). The van der Waals surface area contributed by atoms with Crippen LogP contribution in [0.2, 0.25) is 0 Å². The van der Waals surface area contributed by atoms with Crippen LogP contribution in [-0.2, 0) is 25.7 Å². The topological polar surface area (TPSA) is 84.9 Å². The van der Waals surface area contributed by atoms with Crippen molar-refractivity contribution in [2.24, 2.45) is 0 Å². The van der Waals surface area contributed by atoms with Crippen LogP contribution in [0.15, 0.2) is 102 Å². The van der Waals surface area contributed by atoms with Gasteiger partial charge in [-0.2, -0.15) is 0 Å².